The van der Waals surface area contributed by atoms with Gasteiger partial charge in [0, 0.05) is 17.0 Å². The first-order chi connectivity index (χ1) is 5.56. The summed E-state index contributed by atoms with van der Waals surface area (Å²) in [5.41, 5.74) is 1.04. The molecule has 0 fully saturated rings. The lowest BCUT2D eigenvalue weighted by Crippen LogP contribution is -2.15. The van der Waals surface area contributed by atoms with E-state index in [1.165, 1.54) is 0 Å². The molecule has 0 aliphatic carbocycles. The molecule has 1 rings (SSSR count). The molecule has 0 bridgehead atoms. The fourth-order valence-electron chi connectivity index (χ4n) is 0.937. The molecule has 1 aromatic rings. The summed E-state index contributed by atoms with van der Waals surface area (Å²) in [6.45, 7) is 4.21. The molecule has 66 valence electrons. The second-order valence-electron chi connectivity index (χ2n) is 3.16. The van der Waals surface area contributed by atoms with E-state index in [0.29, 0.717) is 0 Å². The number of H-pyrrole nitrogens is 1. The third-order valence-corrected chi connectivity index (χ3v) is 3.24. The van der Waals surface area contributed by atoms with E-state index >= 15 is 0 Å². The van der Waals surface area contributed by atoms with Crippen LogP contribution in [0.5, 0.6) is 0 Å². The molecule has 1 aromatic heterocycles. The SMILES string of the molecule is CSC(C)(C)c1cc[nH]c(=O)c1. The zero-order valence-corrected chi connectivity index (χ0v) is 8.37. The van der Waals surface area contributed by atoms with E-state index in [-0.39, 0.29) is 10.3 Å². The standard InChI is InChI=1S/C9H13NOS/c1-9(2,12-3)7-4-5-10-8(11)6-7/h4-6H,1-3H3,(H,10,11). The molecule has 12 heavy (non-hydrogen) atoms. The van der Waals surface area contributed by atoms with Crippen molar-refractivity contribution < 1.29 is 0 Å². The number of pyridine rings is 1. The van der Waals surface area contributed by atoms with Gasteiger partial charge in [-0.3, -0.25) is 4.79 Å². The van der Waals surface area contributed by atoms with Crippen LogP contribution in [0.4, 0.5) is 0 Å². The zero-order chi connectivity index (χ0) is 9.19. The van der Waals surface area contributed by atoms with Gasteiger partial charge in [0.25, 0.3) is 0 Å². The zero-order valence-electron chi connectivity index (χ0n) is 7.55. The van der Waals surface area contributed by atoms with Crippen LogP contribution < -0.4 is 5.56 Å². The Bertz CT molecular complexity index is 316. The predicted octanol–water partition coefficient (Wildman–Crippen LogP) is 1.97. The van der Waals surface area contributed by atoms with Crippen molar-refractivity contribution in [3.63, 3.8) is 0 Å². The van der Waals surface area contributed by atoms with E-state index in [4.69, 9.17) is 0 Å². The average Bonchev–Trinajstić information content (AvgIpc) is 2.05. The van der Waals surface area contributed by atoms with E-state index in [1.807, 2.05) is 12.3 Å². The summed E-state index contributed by atoms with van der Waals surface area (Å²) in [6.07, 6.45) is 3.73. The van der Waals surface area contributed by atoms with Crippen molar-refractivity contribution in [1.29, 1.82) is 0 Å². The quantitative estimate of drug-likeness (QED) is 0.760. The number of aromatic nitrogens is 1. The van der Waals surface area contributed by atoms with Gasteiger partial charge in [-0.25, -0.2) is 0 Å². The Hall–Kier alpha value is -0.700. The highest BCUT2D eigenvalue weighted by Crippen LogP contribution is 2.32. The normalized spacial score (nSPS) is 11.6. The first-order valence-electron chi connectivity index (χ1n) is 3.80. The summed E-state index contributed by atoms with van der Waals surface area (Å²) >= 11 is 1.74. The van der Waals surface area contributed by atoms with Crippen molar-refractivity contribution >= 4 is 11.8 Å². The van der Waals surface area contributed by atoms with Crippen molar-refractivity contribution in [2.75, 3.05) is 6.26 Å². The summed E-state index contributed by atoms with van der Waals surface area (Å²) in [7, 11) is 0. The number of hydrogen-bond donors (Lipinski definition) is 1. The first-order valence-corrected chi connectivity index (χ1v) is 5.03. The first kappa shape index (κ1) is 9.39. The summed E-state index contributed by atoms with van der Waals surface area (Å²) in [5, 5.41) is 0. The minimum Gasteiger partial charge on any atom is -0.329 e. The summed E-state index contributed by atoms with van der Waals surface area (Å²) in [5.74, 6) is 0. The molecule has 0 amide bonds. The van der Waals surface area contributed by atoms with Gasteiger partial charge in [0.1, 0.15) is 0 Å². The van der Waals surface area contributed by atoms with Crippen molar-refractivity contribution in [1.82, 2.24) is 4.98 Å². The highest BCUT2D eigenvalue weighted by Gasteiger charge is 2.18. The minimum atomic E-state index is -0.0328. The van der Waals surface area contributed by atoms with Gasteiger partial charge in [-0.15, -0.1) is 0 Å². The van der Waals surface area contributed by atoms with Crippen LogP contribution in [0.1, 0.15) is 19.4 Å². The Balaban J connectivity index is 3.11. The van der Waals surface area contributed by atoms with Crippen molar-refractivity contribution in [2.24, 2.45) is 0 Å². The second kappa shape index (κ2) is 3.35. The van der Waals surface area contributed by atoms with Crippen LogP contribution in [0.15, 0.2) is 23.1 Å². The molecule has 0 aliphatic heterocycles. The molecule has 0 saturated heterocycles. The molecule has 1 N–H and O–H groups in total. The Morgan fingerprint density at radius 1 is 1.50 bits per heavy atom. The van der Waals surface area contributed by atoms with E-state index in [1.54, 1.807) is 24.0 Å². The number of hydrogen-bond acceptors (Lipinski definition) is 2. The Morgan fingerprint density at radius 3 is 2.67 bits per heavy atom. The maximum Gasteiger partial charge on any atom is 0.248 e. The van der Waals surface area contributed by atoms with Crippen molar-refractivity contribution in [3.05, 3.63) is 34.2 Å². The van der Waals surface area contributed by atoms with E-state index in [0.717, 1.165) is 5.56 Å². The molecule has 0 unspecified atom stereocenters. The van der Waals surface area contributed by atoms with Gasteiger partial charge in [0.05, 0.1) is 0 Å². The average molecular weight is 183 g/mol. The Kier molecular flexibility index (Phi) is 2.62. The number of nitrogens with one attached hydrogen (secondary N) is 1. The van der Waals surface area contributed by atoms with Crippen molar-refractivity contribution in [3.8, 4) is 0 Å². The third-order valence-electron chi connectivity index (χ3n) is 1.98. The molecular formula is C9H13NOS. The van der Waals surface area contributed by atoms with Crippen LogP contribution in [0, 0.1) is 0 Å². The molecule has 0 aromatic carbocycles. The van der Waals surface area contributed by atoms with Crippen molar-refractivity contribution in [2.45, 2.75) is 18.6 Å². The van der Waals surface area contributed by atoms with Gasteiger partial charge < -0.3 is 4.98 Å². The van der Waals surface area contributed by atoms with Crippen LogP contribution in [0.25, 0.3) is 0 Å². The van der Waals surface area contributed by atoms with Gasteiger partial charge >= 0.3 is 0 Å². The lowest BCUT2D eigenvalue weighted by atomic mass is 10.0. The highest BCUT2D eigenvalue weighted by atomic mass is 32.2. The number of thioether (sulfide) groups is 1. The maximum absolute atomic E-state index is 11.0. The van der Waals surface area contributed by atoms with Crippen LogP contribution >= 0.6 is 11.8 Å². The molecular weight excluding hydrogens is 170 g/mol. The van der Waals surface area contributed by atoms with E-state index < -0.39 is 0 Å². The number of rotatable bonds is 2. The molecule has 2 nitrogen and oxygen atoms in total. The minimum absolute atomic E-state index is 0.0221. The fourth-order valence-corrected chi connectivity index (χ4v) is 1.30. The number of aromatic amines is 1. The third kappa shape index (κ3) is 1.91. The van der Waals surface area contributed by atoms with Crippen LogP contribution in [-0.2, 0) is 4.75 Å². The summed E-state index contributed by atoms with van der Waals surface area (Å²) in [4.78, 5) is 13.6. The molecule has 0 radical (unpaired) electrons. The second-order valence-corrected chi connectivity index (χ2v) is 4.58. The molecule has 0 atom stereocenters. The van der Waals surface area contributed by atoms with Gasteiger partial charge in [-0.2, -0.15) is 11.8 Å². The van der Waals surface area contributed by atoms with Crippen LogP contribution in [0.3, 0.4) is 0 Å². The molecule has 0 spiro atoms. The molecule has 3 heteroatoms. The van der Waals surface area contributed by atoms with Crippen LogP contribution in [0.2, 0.25) is 0 Å². The fraction of sp³-hybridized carbons (Fsp3) is 0.444. The molecule has 0 aliphatic rings. The molecule has 0 saturated carbocycles. The monoisotopic (exact) mass is 183 g/mol. The van der Waals surface area contributed by atoms with E-state index in [2.05, 4.69) is 18.8 Å². The predicted molar refractivity (Wildman–Crippen MR) is 53.6 cm³/mol. The topological polar surface area (TPSA) is 32.9 Å². The lowest BCUT2D eigenvalue weighted by Gasteiger charge is -2.21. The Morgan fingerprint density at radius 2 is 2.17 bits per heavy atom. The summed E-state index contributed by atoms with van der Waals surface area (Å²) in [6, 6.07) is 3.59. The van der Waals surface area contributed by atoms with Gasteiger partial charge in [-0.05, 0) is 31.7 Å². The van der Waals surface area contributed by atoms with E-state index in [9.17, 15) is 4.79 Å². The Labute approximate surface area is 76.4 Å². The summed E-state index contributed by atoms with van der Waals surface area (Å²) < 4.78 is 0.0221. The lowest BCUT2D eigenvalue weighted by molar-refractivity contribution is 0.780. The smallest absolute Gasteiger partial charge is 0.248 e. The van der Waals surface area contributed by atoms with Gasteiger partial charge in [0.15, 0.2) is 0 Å². The maximum atomic E-state index is 11.0. The van der Waals surface area contributed by atoms with Gasteiger partial charge in [0.2, 0.25) is 5.56 Å². The molecule has 1 heterocycles. The highest BCUT2D eigenvalue weighted by molar-refractivity contribution is 7.99. The van der Waals surface area contributed by atoms with Crippen LogP contribution in [-0.4, -0.2) is 11.2 Å². The van der Waals surface area contributed by atoms with Gasteiger partial charge in [-0.1, -0.05) is 0 Å². The largest absolute Gasteiger partial charge is 0.329 e.